The summed E-state index contributed by atoms with van der Waals surface area (Å²) in [4.78, 5) is 47.4. The first-order chi connectivity index (χ1) is 10.7. The van der Waals surface area contributed by atoms with Crippen LogP contribution in [0.15, 0.2) is 5.11 Å². The van der Waals surface area contributed by atoms with Gasteiger partial charge in [-0.05, 0) is 5.53 Å². The van der Waals surface area contributed by atoms with E-state index in [1.54, 1.807) is 0 Å². The largest absolute Gasteiger partial charge is 0.458 e. The van der Waals surface area contributed by atoms with Crippen LogP contribution in [0.1, 0.15) is 20.8 Å². The maximum Gasteiger partial charge on any atom is 0.303 e. The number of amides is 2. The molecule has 0 aromatic heterocycles. The van der Waals surface area contributed by atoms with Crippen molar-refractivity contribution in [2.75, 3.05) is 6.54 Å². The Labute approximate surface area is 132 Å². The summed E-state index contributed by atoms with van der Waals surface area (Å²) in [5.41, 5.74) is 8.30. The average molecular weight is 329 g/mol. The maximum atomic E-state index is 11.3. The van der Waals surface area contributed by atoms with Crippen molar-refractivity contribution in [3.8, 4) is 0 Å². The number of carbonyl (C=O) groups is 4. The molecule has 0 aliphatic heterocycles. The van der Waals surface area contributed by atoms with Crippen LogP contribution in [-0.2, 0) is 23.9 Å². The predicted octanol–water partition coefficient (Wildman–Crippen LogP) is -1.20. The zero-order valence-electron chi connectivity index (χ0n) is 12.9. The van der Waals surface area contributed by atoms with Gasteiger partial charge in [-0.15, -0.1) is 0 Å². The van der Waals surface area contributed by atoms with Crippen LogP contribution in [0, 0.1) is 0 Å². The summed E-state index contributed by atoms with van der Waals surface area (Å²) >= 11 is 0. The third-order valence-corrected chi connectivity index (χ3v) is 2.64. The summed E-state index contributed by atoms with van der Waals surface area (Å²) in [5.74, 6) is -1.96. The molecule has 2 amide bonds. The zero-order valence-corrected chi connectivity index (χ0v) is 12.9. The summed E-state index contributed by atoms with van der Waals surface area (Å²) in [5, 5.41) is 17.8. The predicted molar refractivity (Wildman–Crippen MR) is 76.8 cm³/mol. The molecule has 0 aromatic carbocycles. The molecule has 128 valence electrons. The van der Waals surface area contributed by atoms with Crippen LogP contribution in [-0.4, -0.2) is 60.0 Å². The minimum atomic E-state index is -1.45. The Bertz CT molecular complexity index is 504. The molecule has 0 aliphatic carbocycles. The fraction of sp³-hybridized carbons (Fsp3) is 0.667. The molecule has 4 unspecified atom stereocenters. The van der Waals surface area contributed by atoms with Crippen LogP contribution in [0.4, 0.5) is 0 Å². The van der Waals surface area contributed by atoms with Gasteiger partial charge in [0.2, 0.25) is 11.8 Å². The highest BCUT2D eigenvalue weighted by atomic mass is 16.5. The molecule has 0 bridgehead atoms. The van der Waals surface area contributed by atoms with Gasteiger partial charge in [0.25, 0.3) is 0 Å². The van der Waals surface area contributed by atoms with Crippen molar-refractivity contribution in [1.82, 2.24) is 10.6 Å². The van der Waals surface area contributed by atoms with Gasteiger partial charge in [-0.3, -0.25) is 14.4 Å². The van der Waals surface area contributed by atoms with Crippen LogP contribution in [0.3, 0.4) is 0 Å². The monoisotopic (exact) mass is 329 g/mol. The average Bonchev–Trinajstić information content (AvgIpc) is 2.45. The number of aliphatic hydroxyl groups excluding tert-OH is 1. The van der Waals surface area contributed by atoms with Crippen LogP contribution >= 0.6 is 0 Å². The normalized spacial score (nSPS) is 15.1. The molecule has 0 saturated heterocycles. The Kier molecular flexibility index (Phi) is 8.97. The number of hydrogen-bond acceptors (Lipinski definition) is 7. The Morgan fingerprint density at radius 3 is 2.22 bits per heavy atom. The van der Waals surface area contributed by atoms with Gasteiger partial charge in [-0.25, -0.2) is 0 Å². The standard InChI is InChI=1S/C12H19N5O6/c1-6(19)15-9(5-18)12(23-8(3)21)11(16-7(2)20)10(22)4-14-17-13/h5,9-12,22H,4H2,1-3H3,(H,15,19)(H,16,20). The SMILES string of the molecule is CC(=O)NC(C=O)C(OC(C)=O)C(NC(C)=O)C(O)CN=[N+]=[N-]. The number of aldehydes is 1. The zero-order chi connectivity index (χ0) is 18.0. The molecule has 0 spiro atoms. The number of nitrogens with zero attached hydrogens (tertiary/aromatic N) is 3. The third kappa shape index (κ3) is 7.79. The Morgan fingerprint density at radius 1 is 1.26 bits per heavy atom. The van der Waals surface area contributed by atoms with E-state index < -0.39 is 48.6 Å². The van der Waals surface area contributed by atoms with Crippen molar-refractivity contribution in [1.29, 1.82) is 0 Å². The van der Waals surface area contributed by atoms with Crippen molar-refractivity contribution >= 4 is 24.1 Å². The molecule has 0 rings (SSSR count). The quantitative estimate of drug-likeness (QED) is 0.158. The Morgan fingerprint density at radius 2 is 1.83 bits per heavy atom. The summed E-state index contributed by atoms with van der Waals surface area (Å²) in [6.45, 7) is 2.91. The van der Waals surface area contributed by atoms with Gasteiger partial charge >= 0.3 is 5.97 Å². The first-order valence-electron chi connectivity index (χ1n) is 6.58. The van der Waals surface area contributed by atoms with Crippen molar-refractivity contribution in [3.05, 3.63) is 10.4 Å². The van der Waals surface area contributed by atoms with Crippen molar-refractivity contribution in [3.63, 3.8) is 0 Å². The first kappa shape index (κ1) is 20.3. The summed E-state index contributed by atoms with van der Waals surface area (Å²) < 4.78 is 4.97. The third-order valence-electron chi connectivity index (χ3n) is 2.64. The lowest BCUT2D eigenvalue weighted by atomic mass is 9.98. The van der Waals surface area contributed by atoms with E-state index in [-0.39, 0.29) is 0 Å². The second-order valence-corrected chi connectivity index (χ2v) is 4.64. The van der Waals surface area contributed by atoms with Gasteiger partial charge in [0.1, 0.15) is 12.3 Å². The fourth-order valence-corrected chi connectivity index (χ4v) is 1.86. The van der Waals surface area contributed by atoms with Gasteiger partial charge in [0.05, 0.1) is 18.7 Å². The van der Waals surface area contributed by atoms with E-state index in [9.17, 15) is 24.3 Å². The molecule has 23 heavy (non-hydrogen) atoms. The molecule has 0 radical (unpaired) electrons. The van der Waals surface area contributed by atoms with Gasteiger partial charge < -0.3 is 25.3 Å². The first-order valence-corrected chi connectivity index (χ1v) is 6.58. The highest BCUT2D eigenvalue weighted by Gasteiger charge is 2.37. The number of azide groups is 1. The van der Waals surface area contributed by atoms with Crippen LogP contribution in [0.2, 0.25) is 0 Å². The van der Waals surface area contributed by atoms with Crippen molar-refractivity contribution in [2.24, 2.45) is 5.11 Å². The van der Waals surface area contributed by atoms with E-state index >= 15 is 0 Å². The number of aliphatic hydroxyl groups is 1. The van der Waals surface area contributed by atoms with Crippen molar-refractivity contribution in [2.45, 2.75) is 45.1 Å². The number of carbonyl (C=O) groups excluding carboxylic acids is 4. The van der Waals surface area contributed by atoms with Gasteiger partial charge in [0.15, 0.2) is 6.10 Å². The fourth-order valence-electron chi connectivity index (χ4n) is 1.86. The minimum Gasteiger partial charge on any atom is -0.458 e. The van der Waals surface area contributed by atoms with Crippen LogP contribution < -0.4 is 10.6 Å². The Hall–Kier alpha value is -2.65. The van der Waals surface area contributed by atoms with E-state index in [1.807, 2.05) is 0 Å². The molecule has 0 fully saturated rings. The number of nitrogens with one attached hydrogen (secondary N) is 2. The smallest absolute Gasteiger partial charge is 0.303 e. The number of hydrogen-bond donors (Lipinski definition) is 3. The van der Waals surface area contributed by atoms with E-state index in [2.05, 4.69) is 20.7 Å². The number of esters is 1. The summed E-state index contributed by atoms with van der Waals surface area (Å²) in [7, 11) is 0. The topological polar surface area (TPSA) is 171 Å². The highest BCUT2D eigenvalue weighted by Crippen LogP contribution is 2.11. The lowest BCUT2D eigenvalue weighted by Crippen LogP contribution is -2.60. The second kappa shape index (κ2) is 10.1. The van der Waals surface area contributed by atoms with Crippen molar-refractivity contribution < 1.29 is 29.0 Å². The second-order valence-electron chi connectivity index (χ2n) is 4.64. The Balaban J connectivity index is 5.61. The van der Waals surface area contributed by atoms with E-state index in [4.69, 9.17) is 10.3 Å². The molecule has 11 heteroatoms. The summed E-state index contributed by atoms with van der Waals surface area (Å²) in [6, 6.07) is -2.59. The molecular formula is C12H19N5O6. The van der Waals surface area contributed by atoms with Gasteiger partial charge in [0, 0.05) is 25.7 Å². The van der Waals surface area contributed by atoms with E-state index in [1.165, 1.54) is 0 Å². The number of rotatable bonds is 9. The molecule has 11 nitrogen and oxygen atoms in total. The molecule has 4 atom stereocenters. The summed E-state index contributed by atoms with van der Waals surface area (Å²) in [6.07, 6.45) is -2.53. The molecule has 0 aliphatic rings. The van der Waals surface area contributed by atoms with Gasteiger partial charge in [-0.2, -0.15) is 0 Å². The lowest BCUT2D eigenvalue weighted by Gasteiger charge is -2.33. The molecule has 0 aromatic rings. The lowest BCUT2D eigenvalue weighted by molar-refractivity contribution is -0.154. The maximum absolute atomic E-state index is 11.3. The molecule has 3 N–H and O–H groups in total. The van der Waals surface area contributed by atoms with E-state index in [0.29, 0.717) is 6.29 Å². The molecule has 0 saturated carbocycles. The van der Waals surface area contributed by atoms with Crippen LogP contribution in [0.25, 0.3) is 10.4 Å². The molecule has 0 heterocycles. The minimum absolute atomic E-state index is 0.310. The number of ether oxygens (including phenoxy) is 1. The molecular weight excluding hydrogens is 310 g/mol. The van der Waals surface area contributed by atoms with E-state index in [0.717, 1.165) is 20.8 Å². The van der Waals surface area contributed by atoms with Gasteiger partial charge in [-0.1, -0.05) is 5.11 Å². The highest BCUT2D eigenvalue weighted by molar-refractivity contribution is 5.78. The van der Waals surface area contributed by atoms with Crippen LogP contribution in [0.5, 0.6) is 0 Å².